The standard InChI is InChI=1S/C13H9BrCl2N2O2/c14-10-6-8(4-5-13(10)18(19)20)17-7-9-11(15)2-1-3-12(9)16/h1-6,17H,7H2. The molecule has 0 radical (unpaired) electrons. The molecule has 0 unspecified atom stereocenters. The van der Waals surface area contributed by atoms with Gasteiger partial charge in [-0.1, -0.05) is 29.3 Å². The van der Waals surface area contributed by atoms with Crippen LogP contribution in [0.3, 0.4) is 0 Å². The Morgan fingerprint density at radius 2 is 1.85 bits per heavy atom. The van der Waals surface area contributed by atoms with E-state index in [4.69, 9.17) is 23.2 Å². The molecule has 0 aliphatic heterocycles. The molecule has 7 heteroatoms. The van der Waals surface area contributed by atoms with Crippen LogP contribution in [0.2, 0.25) is 10.0 Å². The second-order valence-electron chi connectivity index (χ2n) is 3.98. The minimum atomic E-state index is -0.446. The molecular weight excluding hydrogens is 367 g/mol. The van der Waals surface area contributed by atoms with Gasteiger partial charge in [0.2, 0.25) is 0 Å². The van der Waals surface area contributed by atoms with E-state index < -0.39 is 4.92 Å². The van der Waals surface area contributed by atoms with E-state index in [1.165, 1.54) is 6.07 Å². The van der Waals surface area contributed by atoms with Crippen molar-refractivity contribution in [3.05, 3.63) is 66.6 Å². The van der Waals surface area contributed by atoms with Crippen LogP contribution in [-0.2, 0) is 6.54 Å². The molecule has 1 N–H and O–H groups in total. The van der Waals surface area contributed by atoms with Crippen molar-refractivity contribution in [2.75, 3.05) is 5.32 Å². The summed E-state index contributed by atoms with van der Waals surface area (Å²) >= 11 is 15.3. The van der Waals surface area contributed by atoms with Crippen LogP contribution in [0, 0.1) is 10.1 Å². The summed E-state index contributed by atoms with van der Waals surface area (Å²) in [6, 6.07) is 10.0. The van der Waals surface area contributed by atoms with Gasteiger partial charge in [0, 0.05) is 33.9 Å². The Hall–Kier alpha value is -1.30. The van der Waals surface area contributed by atoms with Crippen molar-refractivity contribution >= 4 is 50.5 Å². The summed E-state index contributed by atoms with van der Waals surface area (Å²) in [5, 5.41) is 15.0. The van der Waals surface area contributed by atoms with Gasteiger partial charge in [0.15, 0.2) is 0 Å². The number of nitro groups is 1. The number of halogens is 3. The fraction of sp³-hybridized carbons (Fsp3) is 0.0769. The number of hydrogen-bond acceptors (Lipinski definition) is 3. The summed E-state index contributed by atoms with van der Waals surface area (Å²) < 4.78 is 0.415. The van der Waals surface area contributed by atoms with Gasteiger partial charge >= 0.3 is 0 Å². The highest BCUT2D eigenvalue weighted by Crippen LogP contribution is 2.29. The smallest absolute Gasteiger partial charge is 0.283 e. The lowest BCUT2D eigenvalue weighted by molar-refractivity contribution is -0.385. The van der Waals surface area contributed by atoms with Gasteiger partial charge in [0.1, 0.15) is 0 Å². The molecule has 2 rings (SSSR count). The van der Waals surface area contributed by atoms with Crippen molar-refractivity contribution in [3.63, 3.8) is 0 Å². The molecule has 0 aromatic heterocycles. The number of anilines is 1. The quantitative estimate of drug-likeness (QED) is 0.584. The summed E-state index contributed by atoms with van der Waals surface area (Å²) in [7, 11) is 0. The topological polar surface area (TPSA) is 55.2 Å². The molecule has 0 aliphatic rings. The van der Waals surface area contributed by atoms with Crippen molar-refractivity contribution in [1.82, 2.24) is 0 Å². The second kappa shape index (κ2) is 6.43. The predicted molar refractivity (Wildman–Crippen MR) is 84.6 cm³/mol. The maximum absolute atomic E-state index is 10.7. The van der Waals surface area contributed by atoms with Crippen molar-refractivity contribution in [2.24, 2.45) is 0 Å². The van der Waals surface area contributed by atoms with Gasteiger partial charge in [-0.2, -0.15) is 0 Å². The summed E-state index contributed by atoms with van der Waals surface area (Å²) in [4.78, 5) is 10.3. The van der Waals surface area contributed by atoms with Crippen LogP contribution in [0.15, 0.2) is 40.9 Å². The van der Waals surface area contributed by atoms with E-state index in [2.05, 4.69) is 21.2 Å². The Balaban J connectivity index is 2.16. The predicted octanol–water partition coefficient (Wildman–Crippen LogP) is 5.28. The van der Waals surface area contributed by atoms with Crippen molar-refractivity contribution in [2.45, 2.75) is 6.54 Å². The van der Waals surface area contributed by atoms with Gasteiger partial charge in [-0.05, 0) is 40.2 Å². The van der Waals surface area contributed by atoms with Crippen LogP contribution >= 0.6 is 39.1 Å². The largest absolute Gasteiger partial charge is 0.381 e. The maximum atomic E-state index is 10.7. The van der Waals surface area contributed by atoms with E-state index in [-0.39, 0.29) is 5.69 Å². The maximum Gasteiger partial charge on any atom is 0.283 e. The number of nitro benzene ring substituents is 1. The van der Waals surface area contributed by atoms with E-state index in [1.807, 2.05) is 0 Å². The zero-order valence-electron chi connectivity index (χ0n) is 10.1. The minimum Gasteiger partial charge on any atom is -0.381 e. The molecule has 0 saturated heterocycles. The Morgan fingerprint density at radius 1 is 1.20 bits per heavy atom. The molecule has 4 nitrogen and oxygen atoms in total. The highest BCUT2D eigenvalue weighted by Gasteiger charge is 2.12. The lowest BCUT2D eigenvalue weighted by atomic mass is 10.2. The molecule has 0 spiro atoms. The van der Waals surface area contributed by atoms with Crippen LogP contribution < -0.4 is 5.32 Å². The van der Waals surface area contributed by atoms with Gasteiger partial charge in [-0.25, -0.2) is 0 Å². The number of benzene rings is 2. The van der Waals surface area contributed by atoms with E-state index in [1.54, 1.807) is 30.3 Å². The first-order chi connectivity index (χ1) is 9.49. The average Bonchev–Trinajstić information content (AvgIpc) is 2.37. The highest BCUT2D eigenvalue weighted by molar-refractivity contribution is 9.10. The number of nitrogens with one attached hydrogen (secondary N) is 1. The monoisotopic (exact) mass is 374 g/mol. The molecule has 0 fully saturated rings. The van der Waals surface area contributed by atoms with E-state index in [9.17, 15) is 10.1 Å². The Labute approximate surface area is 134 Å². The van der Waals surface area contributed by atoms with E-state index >= 15 is 0 Å². The highest BCUT2D eigenvalue weighted by atomic mass is 79.9. The van der Waals surface area contributed by atoms with Gasteiger partial charge in [0.25, 0.3) is 5.69 Å². The fourth-order valence-electron chi connectivity index (χ4n) is 1.66. The third-order valence-electron chi connectivity index (χ3n) is 2.68. The molecular formula is C13H9BrCl2N2O2. The Morgan fingerprint density at radius 3 is 2.40 bits per heavy atom. The third kappa shape index (κ3) is 3.42. The third-order valence-corrected chi connectivity index (χ3v) is 4.02. The molecule has 20 heavy (non-hydrogen) atoms. The fourth-order valence-corrected chi connectivity index (χ4v) is 2.71. The Bertz CT molecular complexity index is 645. The van der Waals surface area contributed by atoms with Crippen LogP contribution in [0.1, 0.15) is 5.56 Å². The lowest BCUT2D eigenvalue weighted by Crippen LogP contribution is -2.01. The van der Waals surface area contributed by atoms with Crippen molar-refractivity contribution in [3.8, 4) is 0 Å². The second-order valence-corrected chi connectivity index (χ2v) is 5.65. The summed E-state index contributed by atoms with van der Waals surface area (Å²) in [6.07, 6.45) is 0. The minimum absolute atomic E-state index is 0.0197. The van der Waals surface area contributed by atoms with Crippen LogP contribution in [0.4, 0.5) is 11.4 Å². The van der Waals surface area contributed by atoms with E-state index in [0.717, 1.165) is 11.3 Å². The zero-order valence-corrected chi connectivity index (χ0v) is 13.2. The normalized spacial score (nSPS) is 10.3. The molecule has 0 saturated carbocycles. The van der Waals surface area contributed by atoms with Gasteiger partial charge in [-0.15, -0.1) is 0 Å². The van der Waals surface area contributed by atoms with Gasteiger partial charge in [0.05, 0.1) is 9.40 Å². The number of rotatable bonds is 4. The average molecular weight is 376 g/mol. The summed E-state index contributed by atoms with van der Waals surface area (Å²) in [6.45, 7) is 0.433. The molecule has 2 aromatic rings. The number of nitrogens with zero attached hydrogens (tertiary/aromatic N) is 1. The summed E-state index contributed by atoms with van der Waals surface area (Å²) in [5.74, 6) is 0. The van der Waals surface area contributed by atoms with Crippen molar-refractivity contribution < 1.29 is 4.92 Å². The number of hydrogen-bond donors (Lipinski definition) is 1. The first-order valence-electron chi connectivity index (χ1n) is 5.59. The molecule has 0 heterocycles. The zero-order chi connectivity index (χ0) is 14.7. The SMILES string of the molecule is O=[N+]([O-])c1ccc(NCc2c(Cl)cccc2Cl)cc1Br. The molecule has 104 valence electrons. The molecule has 0 atom stereocenters. The van der Waals surface area contributed by atoms with Crippen LogP contribution in [-0.4, -0.2) is 4.92 Å². The lowest BCUT2D eigenvalue weighted by Gasteiger charge is -2.10. The van der Waals surface area contributed by atoms with Crippen LogP contribution in [0.5, 0.6) is 0 Å². The molecule has 0 aliphatic carbocycles. The molecule has 2 aromatic carbocycles. The van der Waals surface area contributed by atoms with Gasteiger partial charge < -0.3 is 5.32 Å². The van der Waals surface area contributed by atoms with Gasteiger partial charge in [-0.3, -0.25) is 10.1 Å². The van der Waals surface area contributed by atoms with Crippen LogP contribution in [0.25, 0.3) is 0 Å². The molecule has 0 bridgehead atoms. The van der Waals surface area contributed by atoms with E-state index in [0.29, 0.717) is 21.1 Å². The first-order valence-corrected chi connectivity index (χ1v) is 7.14. The first kappa shape index (κ1) is 15.1. The molecule has 0 amide bonds. The Kier molecular flexibility index (Phi) is 4.86. The van der Waals surface area contributed by atoms with Crippen molar-refractivity contribution in [1.29, 1.82) is 0 Å². The summed E-state index contributed by atoms with van der Waals surface area (Å²) in [5.41, 5.74) is 1.54.